The topological polar surface area (TPSA) is 121 Å². The molecule has 0 aliphatic heterocycles. The monoisotopic (exact) mass is 585 g/mol. The minimum absolute atomic E-state index is 0.0129. The standard InChI is InChI=1S/C28H29ClFN5O4S/c1-16(2)12-31-26(36)17(3)14-35-15-33-23-7-5-18(9-21(23)28(35)37)19-10-24(27(39-4)32-13-19)34-40(38)25-8-6-20(30)11-22(25)29/h5-11,13,15-17,34H,12,14H2,1-4H3,(H,31,36). The Balaban J connectivity index is 1.63. The Morgan fingerprint density at radius 2 is 1.93 bits per heavy atom. The second kappa shape index (κ2) is 12.7. The SMILES string of the molecule is COc1ncc(-c2ccc3ncn(CC(C)C(=O)NCC(C)C)c(=O)c3c2)cc1N[S+]([O-])c1ccc(F)cc1Cl. The van der Waals surface area contributed by atoms with Gasteiger partial charge in [0.2, 0.25) is 11.8 Å². The molecule has 1 amide bonds. The predicted octanol–water partition coefficient (Wildman–Crippen LogP) is 4.80. The lowest BCUT2D eigenvalue weighted by atomic mass is 10.0. The number of pyridine rings is 1. The van der Waals surface area contributed by atoms with Gasteiger partial charge >= 0.3 is 0 Å². The Labute approximate surface area is 239 Å². The number of anilines is 1. The van der Waals surface area contributed by atoms with Crippen LogP contribution in [0.5, 0.6) is 5.88 Å². The third kappa shape index (κ3) is 6.72. The Kier molecular flexibility index (Phi) is 9.28. The van der Waals surface area contributed by atoms with Crippen LogP contribution in [0.4, 0.5) is 10.1 Å². The Bertz CT molecular complexity index is 1600. The van der Waals surface area contributed by atoms with Crippen LogP contribution in [0, 0.1) is 17.7 Å². The van der Waals surface area contributed by atoms with Gasteiger partial charge in [-0.15, -0.1) is 0 Å². The first-order chi connectivity index (χ1) is 19.1. The van der Waals surface area contributed by atoms with Crippen LogP contribution in [0.1, 0.15) is 20.8 Å². The maximum Gasteiger partial charge on any atom is 0.261 e. The molecule has 40 heavy (non-hydrogen) atoms. The van der Waals surface area contributed by atoms with Gasteiger partial charge in [0.1, 0.15) is 27.9 Å². The van der Waals surface area contributed by atoms with Crippen LogP contribution in [-0.4, -0.2) is 38.6 Å². The summed E-state index contributed by atoms with van der Waals surface area (Å²) in [5.74, 6) is -0.582. The Morgan fingerprint density at radius 3 is 2.62 bits per heavy atom. The molecule has 0 spiro atoms. The normalized spacial score (nSPS) is 12.8. The molecule has 2 aromatic heterocycles. The number of carbonyl (C=O) groups is 1. The minimum atomic E-state index is -1.84. The molecule has 9 nitrogen and oxygen atoms in total. The molecule has 0 aliphatic carbocycles. The van der Waals surface area contributed by atoms with Crippen molar-refractivity contribution in [1.82, 2.24) is 19.9 Å². The van der Waals surface area contributed by atoms with Gasteiger partial charge in [-0.1, -0.05) is 38.4 Å². The lowest BCUT2D eigenvalue weighted by Crippen LogP contribution is -2.35. The molecule has 2 heterocycles. The highest BCUT2D eigenvalue weighted by molar-refractivity contribution is 7.92. The smallest absolute Gasteiger partial charge is 0.261 e. The number of nitrogens with one attached hydrogen (secondary N) is 2. The second-order valence-corrected chi connectivity index (χ2v) is 11.3. The number of nitrogens with zero attached hydrogens (tertiary/aromatic N) is 3. The van der Waals surface area contributed by atoms with Gasteiger partial charge in [-0.3, -0.25) is 14.2 Å². The van der Waals surface area contributed by atoms with Crippen LogP contribution >= 0.6 is 11.6 Å². The van der Waals surface area contributed by atoms with Gasteiger partial charge in [-0.2, -0.15) is 4.72 Å². The van der Waals surface area contributed by atoms with E-state index in [1.165, 1.54) is 30.1 Å². The van der Waals surface area contributed by atoms with Crippen molar-refractivity contribution in [1.29, 1.82) is 0 Å². The fourth-order valence-electron chi connectivity index (χ4n) is 3.95. The van der Waals surface area contributed by atoms with Gasteiger partial charge < -0.3 is 14.6 Å². The van der Waals surface area contributed by atoms with E-state index in [-0.39, 0.29) is 33.8 Å². The number of amides is 1. The van der Waals surface area contributed by atoms with Gasteiger partial charge in [-0.25, -0.2) is 14.4 Å². The van der Waals surface area contributed by atoms with E-state index in [4.69, 9.17) is 16.3 Å². The number of rotatable bonds is 10. The third-order valence-electron chi connectivity index (χ3n) is 6.10. The molecule has 0 aliphatic rings. The Hall–Kier alpha value is -3.67. The average molecular weight is 586 g/mol. The maximum absolute atomic E-state index is 13.4. The van der Waals surface area contributed by atoms with Gasteiger partial charge in [0.25, 0.3) is 5.56 Å². The minimum Gasteiger partial charge on any atom is -0.588 e. The highest BCUT2D eigenvalue weighted by atomic mass is 35.5. The first-order valence-electron chi connectivity index (χ1n) is 12.5. The summed E-state index contributed by atoms with van der Waals surface area (Å²) in [6.07, 6.45) is 3.01. The summed E-state index contributed by atoms with van der Waals surface area (Å²) in [6.45, 7) is 6.54. The highest BCUT2D eigenvalue weighted by Gasteiger charge is 2.21. The summed E-state index contributed by atoms with van der Waals surface area (Å²) in [5.41, 5.74) is 1.82. The van der Waals surface area contributed by atoms with E-state index in [1.54, 1.807) is 37.4 Å². The van der Waals surface area contributed by atoms with Gasteiger partial charge in [0, 0.05) is 30.9 Å². The predicted molar refractivity (Wildman–Crippen MR) is 154 cm³/mol. The second-order valence-electron chi connectivity index (χ2n) is 9.70. The molecule has 0 saturated heterocycles. The molecule has 4 aromatic rings. The van der Waals surface area contributed by atoms with E-state index in [1.807, 2.05) is 13.8 Å². The van der Waals surface area contributed by atoms with Crippen LogP contribution in [0.15, 0.2) is 64.7 Å². The number of hydrogen-bond donors (Lipinski definition) is 2. The maximum atomic E-state index is 13.4. The lowest BCUT2D eigenvalue weighted by Gasteiger charge is -2.16. The van der Waals surface area contributed by atoms with Gasteiger partial charge in [0.05, 0.1) is 30.3 Å². The molecular formula is C28H29ClFN5O4S. The van der Waals surface area contributed by atoms with Gasteiger partial charge in [0.15, 0.2) is 4.90 Å². The first-order valence-corrected chi connectivity index (χ1v) is 14.0. The van der Waals surface area contributed by atoms with Crippen LogP contribution in [0.2, 0.25) is 5.02 Å². The van der Waals surface area contributed by atoms with Crippen molar-refractivity contribution in [3.63, 3.8) is 0 Å². The Morgan fingerprint density at radius 1 is 1.15 bits per heavy atom. The van der Waals surface area contributed by atoms with E-state index >= 15 is 0 Å². The number of benzene rings is 2. The first kappa shape index (κ1) is 29.3. The van der Waals surface area contributed by atoms with Crippen molar-refractivity contribution in [2.75, 3.05) is 18.4 Å². The highest BCUT2D eigenvalue weighted by Crippen LogP contribution is 2.32. The van der Waals surface area contributed by atoms with Gasteiger partial charge in [-0.05, 0) is 41.8 Å². The van der Waals surface area contributed by atoms with Crippen LogP contribution in [0.3, 0.4) is 0 Å². The van der Waals surface area contributed by atoms with Crippen molar-refractivity contribution in [2.45, 2.75) is 32.2 Å². The molecule has 0 radical (unpaired) electrons. The van der Waals surface area contributed by atoms with E-state index < -0.39 is 23.1 Å². The fourth-order valence-corrected chi connectivity index (χ4v) is 5.21. The fraction of sp³-hybridized carbons (Fsp3) is 0.286. The number of methoxy groups -OCH3 is 1. The van der Waals surface area contributed by atoms with E-state index in [0.717, 1.165) is 6.07 Å². The number of fused-ring (bicyclic) bond motifs is 1. The van der Waals surface area contributed by atoms with Crippen molar-refractivity contribution in [2.24, 2.45) is 11.8 Å². The quantitative estimate of drug-likeness (QED) is 0.256. The zero-order chi connectivity index (χ0) is 29.0. The molecule has 2 N–H and O–H groups in total. The van der Waals surface area contributed by atoms with Crippen LogP contribution < -0.4 is 20.3 Å². The van der Waals surface area contributed by atoms with Crippen molar-refractivity contribution < 1.29 is 18.5 Å². The van der Waals surface area contributed by atoms with E-state index in [2.05, 4.69) is 20.0 Å². The van der Waals surface area contributed by atoms with Crippen LogP contribution in [-0.2, 0) is 22.7 Å². The number of aromatic nitrogens is 3. The molecule has 2 unspecified atom stereocenters. The molecular weight excluding hydrogens is 557 g/mol. The molecule has 0 bridgehead atoms. The molecule has 0 saturated carbocycles. The largest absolute Gasteiger partial charge is 0.588 e. The molecule has 2 atom stereocenters. The van der Waals surface area contributed by atoms with E-state index in [0.29, 0.717) is 40.2 Å². The molecule has 2 aromatic carbocycles. The zero-order valence-electron chi connectivity index (χ0n) is 22.4. The average Bonchev–Trinajstić information content (AvgIpc) is 2.92. The molecule has 12 heteroatoms. The third-order valence-corrected chi connectivity index (χ3v) is 7.69. The van der Waals surface area contributed by atoms with E-state index in [9.17, 15) is 18.5 Å². The van der Waals surface area contributed by atoms with Crippen LogP contribution in [0.25, 0.3) is 22.0 Å². The summed E-state index contributed by atoms with van der Waals surface area (Å²) < 4.78 is 36.0. The lowest BCUT2D eigenvalue weighted by molar-refractivity contribution is -0.125. The summed E-state index contributed by atoms with van der Waals surface area (Å²) in [7, 11) is 1.43. The van der Waals surface area contributed by atoms with Crippen molar-refractivity contribution in [3.05, 3.63) is 76.2 Å². The zero-order valence-corrected chi connectivity index (χ0v) is 24.0. The summed E-state index contributed by atoms with van der Waals surface area (Å²) in [6, 6.07) is 10.5. The summed E-state index contributed by atoms with van der Waals surface area (Å²) >= 11 is 4.23. The molecule has 4 rings (SSSR count). The number of carbonyl (C=O) groups excluding carboxylic acids is 1. The number of hydrogen-bond acceptors (Lipinski definition) is 7. The van der Waals surface area contributed by atoms with Crippen molar-refractivity contribution >= 4 is 45.5 Å². The van der Waals surface area contributed by atoms with Crippen molar-refractivity contribution in [3.8, 4) is 17.0 Å². The summed E-state index contributed by atoms with van der Waals surface area (Å²) in [5, 5.41) is 3.28. The summed E-state index contributed by atoms with van der Waals surface area (Å²) in [4.78, 5) is 34.7. The molecule has 0 fully saturated rings. The number of ether oxygens (including phenoxy) is 1. The number of halogens is 2. The molecule has 210 valence electrons.